The van der Waals surface area contributed by atoms with Crippen LogP contribution >= 0.6 is 0 Å². The third-order valence-corrected chi connectivity index (χ3v) is 4.81. The van der Waals surface area contributed by atoms with Gasteiger partial charge in [-0.3, -0.25) is 10.3 Å². The molecule has 0 aliphatic carbocycles. The van der Waals surface area contributed by atoms with Crippen LogP contribution in [0.5, 0.6) is 0 Å². The largest absolute Gasteiger partial charge is 0.386 e. The summed E-state index contributed by atoms with van der Waals surface area (Å²) in [4.78, 5) is 2.02. The van der Waals surface area contributed by atoms with E-state index in [1.807, 2.05) is 11.8 Å². The molecule has 1 fully saturated rings. The van der Waals surface area contributed by atoms with Crippen molar-refractivity contribution in [1.82, 2.24) is 13.9 Å². The Morgan fingerprint density at radius 1 is 1.22 bits per heavy atom. The fourth-order valence-corrected chi connectivity index (χ4v) is 3.29. The average molecular weight is 277 g/mol. The Hall–Kier alpha value is -0.700. The number of amidine groups is 1. The molecule has 0 amide bonds. The summed E-state index contributed by atoms with van der Waals surface area (Å²) in [5.74, 6) is 0.117. The van der Waals surface area contributed by atoms with Gasteiger partial charge in [-0.15, -0.1) is 0 Å². The highest BCUT2D eigenvalue weighted by molar-refractivity contribution is 7.87. The molecular weight excluding hydrogens is 254 g/mol. The van der Waals surface area contributed by atoms with Crippen LogP contribution in [0.25, 0.3) is 0 Å². The van der Waals surface area contributed by atoms with Crippen molar-refractivity contribution < 1.29 is 8.42 Å². The third kappa shape index (κ3) is 3.91. The lowest BCUT2D eigenvalue weighted by Crippen LogP contribution is -2.56. The first-order valence-electron chi connectivity index (χ1n) is 6.09. The van der Waals surface area contributed by atoms with Gasteiger partial charge in [0.2, 0.25) is 0 Å². The summed E-state index contributed by atoms with van der Waals surface area (Å²) in [6.07, 6.45) is 0. The van der Waals surface area contributed by atoms with Gasteiger partial charge in [0.15, 0.2) is 0 Å². The van der Waals surface area contributed by atoms with Gasteiger partial charge in [-0.05, 0) is 20.8 Å². The Labute approximate surface area is 109 Å². The maximum absolute atomic E-state index is 11.9. The summed E-state index contributed by atoms with van der Waals surface area (Å²) in [6.45, 7) is 7.51. The van der Waals surface area contributed by atoms with E-state index in [-0.39, 0.29) is 17.9 Å². The summed E-state index contributed by atoms with van der Waals surface area (Å²) in [6, 6.07) is -0.239. The number of hydrogen-bond acceptors (Lipinski definition) is 4. The molecule has 8 heteroatoms. The lowest BCUT2D eigenvalue weighted by Gasteiger charge is -2.37. The van der Waals surface area contributed by atoms with Crippen molar-refractivity contribution >= 4 is 16.0 Å². The van der Waals surface area contributed by atoms with E-state index < -0.39 is 10.2 Å². The zero-order valence-corrected chi connectivity index (χ0v) is 12.0. The maximum atomic E-state index is 11.9. The summed E-state index contributed by atoms with van der Waals surface area (Å²) >= 11 is 0. The van der Waals surface area contributed by atoms with E-state index in [1.54, 1.807) is 13.8 Å². The van der Waals surface area contributed by atoms with Crippen molar-refractivity contribution in [2.24, 2.45) is 5.73 Å². The SMILES string of the molecule is CC(C)NS(=O)(=O)N1CCN(C(C)C(=N)N)CC1. The molecule has 0 spiro atoms. The van der Waals surface area contributed by atoms with Crippen LogP contribution in [0.3, 0.4) is 0 Å². The minimum Gasteiger partial charge on any atom is -0.386 e. The Morgan fingerprint density at radius 2 is 1.72 bits per heavy atom. The zero-order chi connectivity index (χ0) is 13.9. The Morgan fingerprint density at radius 3 is 2.11 bits per heavy atom. The first-order valence-corrected chi connectivity index (χ1v) is 7.53. The molecule has 1 saturated heterocycles. The van der Waals surface area contributed by atoms with E-state index in [2.05, 4.69) is 4.72 Å². The standard InChI is InChI=1S/C10H23N5O2S/c1-8(2)13-18(16,17)15-6-4-14(5-7-15)9(3)10(11)12/h8-9,13H,4-7H2,1-3H3,(H3,11,12). The molecule has 1 atom stereocenters. The van der Waals surface area contributed by atoms with E-state index in [4.69, 9.17) is 11.1 Å². The molecule has 1 heterocycles. The zero-order valence-electron chi connectivity index (χ0n) is 11.2. The molecule has 18 heavy (non-hydrogen) atoms. The molecule has 7 nitrogen and oxygen atoms in total. The summed E-state index contributed by atoms with van der Waals surface area (Å²) in [7, 11) is -3.38. The first kappa shape index (κ1) is 15.4. The third-order valence-electron chi connectivity index (χ3n) is 3.00. The second kappa shape index (κ2) is 5.96. The van der Waals surface area contributed by atoms with E-state index in [1.165, 1.54) is 4.31 Å². The van der Waals surface area contributed by atoms with E-state index in [0.29, 0.717) is 26.2 Å². The molecule has 0 aromatic rings. The molecule has 0 aromatic carbocycles. The number of nitrogens with two attached hydrogens (primary N) is 1. The van der Waals surface area contributed by atoms with Crippen molar-refractivity contribution in [3.63, 3.8) is 0 Å². The lowest BCUT2D eigenvalue weighted by molar-refractivity contribution is 0.172. The number of hydrogen-bond donors (Lipinski definition) is 3. The van der Waals surface area contributed by atoms with Crippen LogP contribution in [0.4, 0.5) is 0 Å². The molecule has 4 N–H and O–H groups in total. The van der Waals surface area contributed by atoms with Crippen molar-refractivity contribution in [3.8, 4) is 0 Å². The minimum absolute atomic E-state index is 0.107. The van der Waals surface area contributed by atoms with Gasteiger partial charge in [-0.2, -0.15) is 17.4 Å². The van der Waals surface area contributed by atoms with Crippen LogP contribution in [0.2, 0.25) is 0 Å². The molecule has 1 unspecified atom stereocenters. The van der Waals surface area contributed by atoms with Crippen molar-refractivity contribution in [3.05, 3.63) is 0 Å². The molecule has 0 saturated carbocycles. The number of rotatable bonds is 5. The van der Waals surface area contributed by atoms with Crippen LogP contribution in [-0.4, -0.2) is 61.7 Å². The number of nitrogens with one attached hydrogen (secondary N) is 2. The fraction of sp³-hybridized carbons (Fsp3) is 0.900. The number of nitrogens with zero attached hydrogens (tertiary/aromatic N) is 2. The van der Waals surface area contributed by atoms with Crippen LogP contribution in [0.1, 0.15) is 20.8 Å². The average Bonchev–Trinajstić information content (AvgIpc) is 2.26. The second-order valence-corrected chi connectivity index (χ2v) is 6.55. The van der Waals surface area contributed by atoms with Gasteiger partial charge in [-0.1, -0.05) is 0 Å². The second-order valence-electron chi connectivity index (χ2n) is 4.84. The van der Waals surface area contributed by atoms with Crippen LogP contribution < -0.4 is 10.5 Å². The fourth-order valence-electron chi connectivity index (χ4n) is 1.90. The van der Waals surface area contributed by atoms with Crippen LogP contribution in [-0.2, 0) is 10.2 Å². The van der Waals surface area contributed by atoms with E-state index in [0.717, 1.165) is 0 Å². The van der Waals surface area contributed by atoms with Crippen molar-refractivity contribution in [2.45, 2.75) is 32.9 Å². The molecule has 106 valence electrons. The van der Waals surface area contributed by atoms with Gasteiger partial charge in [0.25, 0.3) is 10.2 Å². The first-order chi connectivity index (χ1) is 8.24. The maximum Gasteiger partial charge on any atom is 0.279 e. The molecule has 1 aliphatic heterocycles. The monoisotopic (exact) mass is 277 g/mol. The minimum atomic E-state index is -3.38. The highest BCUT2D eigenvalue weighted by Crippen LogP contribution is 2.09. The van der Waals surface area contributed by atoms with Crippen LogP contribution in [0.15, 0.2) is 0 Å². The van der Waals surface area contributed by atoms with E-state index in [9.17, 15) is 8.42 Å². The lowest BCUT2D eigenvalue weighted by atomic mass is 10.2. The molecule has 1 rings (SSSR count). The predicted molar refractivity (Wildman–Crippen MR) is 71.7 cm³/mol. The molecular formula is C10H23N5O2S. The summed E-state index contributed by atoms with van der Waals surface area (Å²) in [5.41, 5.74) is 5.45. The molecule has 0 bridgehead atoms. The van der Waals surface area contributed by atoms with Crippen molar-refractivity contribution in [1.29, 1.82) is 5.41 Å². The quantitative estimate of drug-likeness (QED) is 0.451. The van der Waals surface area contributed by atoms with Crippen LogP contribution in [0, 0.1) is 5.41 Å². The molecule has 1 aliphatic rings. The highest BCUT2D eigenvalue weighted by atomic mass is 32.2. The highest BCUT2D eigenvalue weighted by Gasteiger charge is 2.29. The Bertz CT molecular complexity index is 387. The summed E-state index contributed by atoms with van der Waals surface area (Å²) < 4.78 is 27.9. The predicted octanol–water partition coefficient (Wildman–Crippen LogP) is -0.829. The number of piperazine rings is 1. The smallest absolute Gasteiger partial charge is 0.279 e. The Balaban J connectivity index is 2.56. The van der Waals surface area contributed by atoms with Gasteiger partial charge >= 0.3 is 0 Å². The van der Waals surface area contributed by atoms with Gasteiger partial charge in [0.05, 0.1) is 6.04 Å². The topological polar surface area (TPSA) is 103 Å². The Kier molecular flexibility index (Phi) is 5.09. The molecule has 0 radical (unpaired) electrons. The van der Waals surface area contributed by atoms with Gasteiger partial charge in [0.1, 0.15) is 5.84 Å². The summed E-state index contributed by atoms with van der Waals surface area (Å²) in [5, 5.41) is 7.39. The van der Waals surface area contributed by atoms with Gasteiger partial charge in [-0.25, -0.2) is 0 Å². The normalized spacial score (nSPS) is 21.1. The van der Waals surface area contributed by atoms with Crippen molar-refractivity contribution in [2.75, 3.05) is 26.2 Å². The van der Waals surface area contributed by atoms with Gasteiger partial charge in [0, 0.05) is 32.2 Å². The molecule has 0 aromatic heterocycles. The van der Waals surface area contributed by atoms with E-state index >= 15 is 0 Å². The van der Waals surface area contributed by atoms with Gasteiger partial charge < -0.3 is 5.73 Å².